The van der Waals surface area contributed by atoms with Gasteiger partial charge in [0.2, 0.25) is 5.78 Å². The van der Waals surface area contributed by atoms with Gasteiger partial charge in [-0.3, -0.25) is 14.4 Å². The van der Waals surface area contributed by atoms with Crippen LogP contribution in [0, 0.1) is 0 Å². The van der Waals surface area contributed by atoms with Crippen LogP contribution in [0.4, 0.5) is 0 Å². The molecule has 0 bridgehead atoms. The molecule has 1 aromatic carbocycles. The van der Waals surface area contributed by atoms with Gasteiger partial charge in [0.05, 0.1) is 29.0 Å². The smallest absolute Gasteiger partial charge is 0.343 e. The third-order valence-electron chi connectivity index (χ3n) is 5.99. The molecule has 0 radical (unpaired) electrons. The van der Waals surface area contributed by atoms with Crippen molar-refractivity contribution in [3.63, 3.8) is 0 Å². The molecule has 0 saturated heterocycles. The average Bonchev–Trinajstić information content (AvgIpc) is 3.12. The van der Waals surface area contributed by atoms with E-state index in [1.165, 1.54) is 16.7 Å². The maximum Gasteiger partial charge on any atom is 0.343 e. The molecule has 2 aliphatic heterocycles. The predicted octanol–water partition coefficient (Wildman–Crippen LogP) is 0.748. The number of nitrogens with zero attached hydrogens (tertiary/aromatic N) is 2. The van der Waals surface area contributed by atoms with E-state index >= 15 is 0 Å². The summed E-state index contributed by atoms with van der Waals surface area (Å²) in [4.78, 5) is 53.1. The van der Waals surface area contributed by atoms with Gasteiger partial charge in [-0.2, -0.15) is 0 Å². The van der Waals surface area contributed by atoms with Crippen molar-refractivity contribution >= 4 is 28.6 Å². The van der Waals surface area contributed by atoms with Crippen molar-refractivity contribution in [3.8, 4) is 11.4 Å². The summed E-state index contributed by atoms with van der Waals surface area (Å²) in [5.41, 5.74) is 5.86. The van der Waals surface area contributed by atoms with E-state index in [1.807, 2.05) is 0 Å². The average molecular weight is 419 g/mol. The largest absolute Gasteiger partial charge is 0.458 e. The molecule has 3 aromatic rings. The Morgan fingerprint density at radius 2 is 2.03 bits per heavy atom. The number of ether oxygens (including phenoxy) is 1. The summed E-state index contributed by atoms with van der Waals surface area (Å²) in [5, 5.41) is 11.5. The second-order valence-corrected chi connectivity index (χ2v) is 7.70. The number of hydrogen-bond donors (Lipinski definition) is 2. The molecule has 1 amide bonds. The number of esters is 1. The Morgan fingerprint density at radius 3 is 2.74 bits per heavy atom. The number of hydrogen-bond acceptors (Lipinski definition) is 7. The van der Waals surface area contributed by atoms with Gasteiger partial charge in [-0.25, -0.2) is 9.78 Å². The first-order valence-electron chi connectivity index (χ1n) is 9.69. The standard InChI is InChI=1S/C22H17N3O6/c1-2-22(30)14-7-16-17-12(8-25(16)20(28)13(14)9-31-21(22)29)6-11-5-10(18(26)19(23)27)3-4-15(11)24-17/h3-7,30H,2,8-9H2,1H3,(H2,23,27). The molecule has 3 N–H and O–H groups in total. The Morgan fingerprint density at radius 1 is 1.26 bits per heavy atom. The van der Waals surface area contributed by atoms with E-state index in [-0.39, 0.29) is 41.8 Å². The summed E-state index contributed by atoms with van der Waals surface area (Å²) in [6, 6.07) is 8.04. The van der Waals surface area contributed by atoms with Crippen LogP contribution in [0.15, 0.2) is 35.1 Å². The number of benzene rings is 1. The fraction of sp³-hybridized carbons (Fsp3) is 0.227. The van der Waals surface area contributed by atoms with Gasteiger partial charge in [-0.05, 0) is 36.8 Å². The highest BCUT2D eigenvalue weighted by atomic mass is 16.6. The zero-order valence-corrected chi connectivity index (χ0v) is 16.5. The van der Waals surface area contributed by atoms with Crippen molar-refractivity contribution in [2.24, 2.45) is 5.73 Å². The highest BCUT2D eigenvalue weighted by molar-refractivity contribution is 6.42. The minimum atomic E-state index is -1.88. The van der Waals surface area contributed by atoms with Crippen LogP contribution in [0.5, 0.6) is 0 Å². The lowest BCUT2D eigenvalue weighted by Crippen LogP contribution is -2.44. The molecular formula is C22H17N3O6. The zero-order chi connectivity index (χ0) is 22.1. The fourth-order valence-electron chi connectivity index (χ4n) is 4.27. The van der Waals surface area contributed by atoms with E-state index in [2.05, 4.69) is 4.98 Å². The number of amides is 1. The number of carbonyl (C=O) groups excluding carboxylic acids is 3. The lowest BCUT2D eigenvalue weighted by atomic mass is 9.86. The number of fused-ring (bicyclic) bond motifs is 5. The Labute approximate surface area is 175 Å². The Hall–Kier alpha value is -3.85. The number of carbonyl (C=O) groups is 3. The zero-order valence-electron chi connectivity index (χ0n) is 16.5. The quantitative estimate of drug-likeness (QED) is 0.283. The minimum Gasteiger partial charge on any atom is -0.458 e. The highest BCUT2D eigenvalue weighted by Gasteiger charge is 2.45. The fourth-order valence-corrected chi connectivity index (χ4v) is 4.27. The van der Waals surface area contributed by atoms with E-state index in [0.717, 1.165) is 5.56 Å². The SMILES string of the molecule is CCC1(O)C(=O)OCc2c1cc1n(c2=O)Cc2cc3cc(C(=O)C(N)=O)ccc3nc2-1. The summed E-state index contributed by atoms with van der Waals surface area (Å²) >= 11 is 0. The molecule has 2 aliphatic rings. The number of cyclic esters (lactones) is 1. The second kappa shape index (κ2) is 6.32. The van der Waals surface area contributed by atoms with Crippen molar-refractivity contribution in [1.82, 2.24) is 9.55 Å². The van der Waals surface area contributed by atoms with Gasteiger partial charge in [0.1, 0.15) is 6.61 Å². The van der Waals surface area contributed by atoms with Crippen molar-refractivity contribution < 1.29 is 24.2 Å². The number of ketones is 1. The van der Waals surface area contributed by atoms with E-state index in [4.69, 9.17) is 10.5 Å². The summed E-state index contributed by atoms with van der Waals surface area (Å²) in [6.45, 7) is 1.69. The van der Waals surface area contributed by atoms with Gasteiger partial charge in [0.15, 0.2) is 5.60 Å². The molecule has 0 saturated carbocycles. The summed E-state index contributed by atoms with van der Waals surface area (Å²) in [6.07, 6.45) is 0.0659. The van der Waals surface area contributed by atoms with Gasteiger partial charge in [0.25, 0.3) is 11.5 Å². The number of aliphatic hydroxyl groups is 1. The van der Waals surface area contributed by atoms with Gasteiger partial charge in [-0.1, -0.05) is 6.92 Å². The van der Waals surface area contributed by atoms with Gasteiger partial charge in [0, 0.05) is 22.1 Å². The molecule has 156 valence electrons. The van der Waals surface area contributed by atoms with Gasteiger partial charge >= 0.3 is 5.97 Å². The molecule has 0 spiro atoms. The van der Waals surface area contributed by atoms with Crippen LogP contribution in [0.1, 0.15) is 40.4 Å². The Balaban J connectivity index is 1.71. The molecular weight excluding hydrogens is 402 g/mol. The van der Waals surface area contributed by atoms with Crippen LogP contribution in [0.3, 0.4) is 0 Å². The number of Topliss-reactive ketones (excluding diaryl/α,β-unsaturated/α-hetero) is 1. The number of pyridine rings is 2. The molecule has 2 aromatic heterocycles. The van der Waals surface area contributed by atoms with Crippen LogP contribution in [-0.4, -0.2) is 32.3 Å². The van der Waals surface area contributed by atoms with Crippen LogP contribution in [0.2, 0.25) is 0 Å². The normalized spacial score (nSPS) is 18.8. The molecule has 5 rings (SSSR count). The third-order valence-corrected chi connectivity index (χ3v) is 5.99. The van der Waals surface area contributed by atoms with Crippen molar-refractivity contribution in [3.05, 3.63) is 62.9 Å². The Kier molecular flexibility index (Phi) is 3.90. The second-order valence-electron chi connectivity index (χ2n) is 7.70. The van der Waals surface area contributed by atoms with Crippen molar-refractivity contribution in [2.75, 3.05) is 0 Å². The van der Waals surface area contributed by atoms with E-state index < -0.39 is 23.3 Å². The van der Waals surface area contributed by atoms with Crippen LogP contribution in [0.25, 0.3) is 22.3 Å². The van der Waals surface area contributed by atoms with Crippen LogP contribution >= 0.6 is 0 Å². The summed E-state index contributed by atoms with van der Waals surface area (Å²) in [5.74, 6) is -2.61. The van der Waals surface area contributed by atoms with E-state index in [0.29, 0.717) is 22.3 Å². The molecule has 0 aliphatic carbocycles. The molecule has 1 atom stereocenters. The molecule has 9 nitrogen and oxygen atoms in total. The first-order chi connectivity index (χ1) is 14.7. The number of rotatable bonds is 3. The van der Waals surface area contributed by atoms with Gasteiger partial charge < -0.3 is 20.1 Å². The number of aromatic nitrogens is 2. The third kappa shape index (κ3) is 2.56. The maximum absolute atomic E-state index is 13.1. The van der Waals surface area contributed by atoms with Gasteiger partial charge in [-0.15, -0.1) is 0 Å². The highest BCUT2D eigenvalue weighted by Crippen LogP contribution is 2.38. The number of primary amides is 1. The monoisotopic (exact) mass is 419 g/mol. The minimum absolute atomic E-state index is 0.0659. The topological polar surface area (TPSA) is 142 Å². The van der Waals surface area contributed by atoms with Crippen LogP contribution in [-0.2, 0) is 33.1 Å². The van der Waals surface area contributed by atoms with Crippen molar-refractivity contribution in [1.29, 1.82) is 0 Å². The predicted molar refractivity (Wildman–Crippen MR) is 108 cm³/mol. The van der Waals surface area contributed by atoms with Crippen LogP contribution < -0.4 is 11.3 Å². The lowest BCUT2D eigenvalue weighted by Gasteiger charge is -2.31. The first kappa shape index (κ1) is 19.1. The molecule has 31 heavy (non-hydrogen) atoms. The molecule has 4 heterocycles. The first-order valence-corrected chi connectivity index (χ1v) is 9.69. The maximum atomic E-state index is 13.1. The van der Waals surface area contributed by atoms with E-state index in [9.17, 15) is 24.3 Å². The number of nitrogens with two attached hydrogens (primary N) is 1. The van der Waals surface area contributed by atoms with E-state index in [1.54, 1.807) is 25.1 Å². The van der Waals surface area contributed by atoms with Crippen molar-refractivity contribution in [2.45, 2.75) is 32.1 Å². The Bertz CT molecular complexity index is 1410. The lowest BCUT2D eigenvalue weighted by molar-refractivity contribution is -0.172. The summed E-state index contributed by atoms with van der Waals surface area (Å²) in [7, 11) is 0. The molecule has 9 heteroatoms. The molecule has 1 unspecified atom stereocenters. The molecule has 0 fully saturated rings. The summed E-state index contributed by atoms with van der Waals surface area (Å²) < 4.78 is 6.59.